The van der Waals surface area contributed by atoms with Crippen molar-refractivity contribution in [2.45, 2.75) is 71.5 Å². The standard InChI is InChI=1S/C25H44N4O6/c1-18(2)21(31)25(6)12-14-29(8)23(33)35-16-10-9-15-34-22(32)28(7)13-11-24(5,27-19(3)4)20(30)17-26-25/h9-10,18-19,26-27H,11-17H2,1-8H3/t24-,25+/m1/s1. The maximum Gasteiger partial charge on any atom is 0.409 e. The summed E-state index contributed by atoms with van der Waals surface area (Å²) >= 11 is 0. The third-order valence-electron chi connectivity index (χ3n) is 6.22. The summed E-state index contributed by atoms with van der Waals surface area (Å²) in [5, 5.41) is 6.52. The van der Waals surface area contributed by atoms with Crippen LogP contribution in [0.3, 0.4) is 0 Å². The monoisotopic (exact) mass is 496 g/mol. The zero-order chi connectivity index (χ0) is 26.8. The number of nitrogens with zero attached hydrogens (tertiary/aromatic N) is 2. The second kappa shape index (κ2) is 13.6. The molecule has 0 aliphatic carbocycles. The Labute approximate surface area is 209 Å². The van der Waals surface area contributed by atoms with Crippen molar-refractivity contribution >= 4 is 23.8 Å². The molecule has 2 atom stereocenters. The summed E-state index contributed by atoms with van der Waals surface area (Å²) in [6, 6.07) is 0.0243. The molecule has 0 radical (unpaired) electrons. The summed E-state index contributed by atoms with van der Waals surface area (Å²) in [5.74, 6) is -0.419. The minimum absolute atomic E-state index is 0.0243. The van der Waals surface area contributed by atoms with E-state index in [1.54, 1.807) is 33.2 Å². The molecule has 0 unspecified atom stereocenters. The van der Waals surface area contributed by atoms with E-state index in [1.807, 2.05) is 34.6 Å². The molecule has 10 heteroatoms. The molecule has 0 aromatic rings. The molecule has 0 aromatic heterocycles. The van der Waals surface area contributed by atoms with E-state index in [0.717, 1.165) is 0 Å². The SMILES string of the molecule is CC(C)N[C@]1(C)CCN(C)C(=O)OCC=CCOC(=O)N(C)CC[C@@](C)(C(=O)C(C)C)NCC1=O. The molecule has 10 nitrogen and oxygen atoms in total. The summed E-state index contributed by atoms with van der Waals surface area (Å²) in [5.41, 5.74) is -1.94. The average molecular weight is 497 g/mol. The maximum atomic E-state index is 13.4. The van der Waals surface area contributed by atoms with Gasteiger partial charge in [-0.05, 0) is 52.7 Å². The molecule has 0 bridgehead atoms. The van der Waals surface area contributed by atoms with Crippen molar-refractivity contribution in [3.63, 3.8) is 0 Å². The van der Waals surface area contributed by atoms with Gasteiger partial charge in [0, 0.05) is 39.1 Å². The summed E-state index contributed by atoms with van der Waals surface area (Å²) in [6.45, 7) is 11.7. The first-order valence-electron chi connectivity index (χ1n) is 12.2. The van der Waals surface area contributed by atoms with Gasteiger partial charge in [-0.2, -0.15) is 0 Å². The molecule has 0 aromatic carbocycles. The van der Waals surface area contributed by atoms with Crippen molar-refractivity contribution in [2.75, 3.05) is 46.9 Å². The van der Waals surface area contributed by atoms with Crippen LogP contribution in [0.2, 0.25) is 0 Å². The van der Waals surface area contributed by atoms with Gasteiger partial charge >= 0.3 is 12.2 Å². The van der Waals surface area contributed by atoms with Crippen molar-refractivity contribution in [3.8, 4) is 0 Å². The van der Waals surface area contributed by atoms with Gasteiger partial charge in [-0.15, -0.1) is 0 Å². The van der Waals surface area contributed by atoms with Gasteiger partial charge in [-0.25, -0.2) is 9.59 Å². The number of hydrogen-bond donors (Lipinski definition) is 2. The molecule has 2 amide bonds. The Bertz CT molecular complexity index is 784. The lowest BCUT2D eigenvalue weighted by Gasteiger charge is -2.36. The molecule has 0 spiro atoms. The number of amides is 2. The van der Waals surface area contributed by atoms with Crippen LogP contribution in [-0.2, 0) is 19.1 Å². The van der Waals surface area contributed by atoms with Crippen LogP contribution in [-0.4, -0.2) is 97.6 Å². The van der Waals surface area contributed by atoms with Crippen LogP contribution in [0.4, 0.5) is 9.59 Å². The Morgan fingerprint density at radius 3 is 1.89 bits per heavy atom. The predicted molar refractivity (Wildman–Crippen MR) is 134 cm³/mol. The number of carbonyl (C=O) groups excluding carboxylic acids is 4. The number of nitrogens with one attached hydrogen (secondary N) is 2. The molecule has 1 aliphatic heterocycles. The number of rotatable bonds is 4. The fourth-order valence-corrected chi connectivity index (χ4v) is 3.90. The van der Waals surface area contributed by atoms with Gasteiger partial charge in [0.25, 0.3) is 0 Å². The maximum absolute atomic E-state index is 13.4. The number of carbonyl (C=O) groups is 4. The van der Waals surface area contributed by atoms with Gasteiger partial charge in [0.05, 0.1) is 17.6 Å². The third-order valence-corrected chi connectivity index (χ3v) is 6.22. The van der Waals surface area contributed by atoms with Gasteiger partial charge in [-0.3, -0.25) is 14.9 Å². The van der Waals surface area contributed by atoms with E-state index >= 15 is 0 Å². The zero-order valence-electron chi connectivity index (χ0n) is 22.6. The van der Waals surface area contributed by atoms with E-state index in [4.69, 9.17) is 9.47 Å². The van der Waals surface area contributed by atoms with Crippen LogP contribution in [0.5, 0.6) is 0 Å². The minimum atomic E-state index is -1.01. The highest BCUT2D eigenvalue weighted by Gasteiger charge is 2.39. The van der Waals surface area contributed by atoms with Gasteiger partial charge < -0.3 is 24.6 Å². The zero-order valence-corrected chi connectivity index (χ0v) is 22.6. The van der Waals surface area contributed by atoms with Crippen LogP contribution >= 0.6 is 0 Å². The van der Waals surface area contributed by atoms with Crippen LogP contribution in [0.15, 0.2) is 12.2 Å². The minimum Gasteiger partial charge on any atom is -0.445 e. The number of Topliss-reactive ketones (excluding diaryl/α,β-unsaturated/α-hetero) is 2. The molecule has 0 saturated heterocycles. The Balaban J connectivity index is 3.21. The largest absolute Gasteiger partial charge is 0.445 e. The normalized spacial score (nSPS) is 26.7. The van der Waals surface area contributed by atoms with E-state index in [1.165, 1.54) is 9.80 Å². The average Bonchev–Trinajstić information content (AvgIpc) is 2.79. The van der Waals surface area contributed by atoms with Crippen molar-refractivity contribution in [1.29, 1.82) is 0 Å². The van der Waals surface area contributed by atoms with E-state index in [-0.39, 0.29) is 49.8 Å². The van der Waals surface area contributed by atoms with E-state index in [9.17, 15) is 19.2 Å². The number of cyclic esters (lactones) is 2. The first-order valence-corrected chi connectivity index (χ1v) is 12.2. The van der Waals surface area contributed by atoms with Crippen molar-refractivity contribution in [3.05, 3.63) is 12.2 Å². The Kier molecular flexibility index (Phi) is 11.9. The Morgan fingerprint density at radius 2 is 1.43 bits per heavy atom. The first-order chi connectivity index (χ1) is 16.2. The topological polar surface area (TPSA) is 117 Å². The highest BCUT2D eigenvalue weighted by Crippen LogP contribution is 2.20. The van der Waals surface area contributed by atoms with Gasteiger partial charge in [0.1, 0.15) is 13.2 Å². The van der Waals surface area contributed by atoms with E-state index < -0.39 is 23.3 Å². The number of ether oxygens (including phenoxy) is 2. The summed E-state index contributed by atoms with van der Waals surface area (Å²) < 4.78 is 10.4. The quantitative estimate of drug-likeness (QED) is 0.570. The predicted octanol–water partition coefficient (Wildman–Crippen LogP) is 2.37. The Morgan fingerprint density at radius 1 is 0.943 bits per heavy atom. The summed E-state index contributed by atoms with van der Waals surface area (Å²) in [7, 11) is 3.21. The van der Waals surface area contributed by atoms with Crippen LogP contribution in [0.25, 0.3) is 0 Å². The van der Waals surface area contributed by atoms with E-state index in [0.29, 0.717) is 19.4 Å². The molecule has 1 aliphatic rings. The fourth-order valence-electron chi connectivity index (χ4n) is 3.90. The lowest BCUT2D eigenvalue weighted by molar-refractivity contribution is -0.129. The molecule has 1 heterocycles. The molecule has 2 N–H and O–H groups in total. The molecular weight excluding hydrogens is 452 g/mol. The fraction of sp³-hybridized carbons (Fsp3) is 0.760. The highest BCUT2D eigenvalue weighted by atomic mass is 16.6. The van der Waals surface area contributed by atoms with Crippen LogP contribution < -0.4 is 10.6 Å². The molecule has 200 valence electrons. The molecular formula is C25H44N4O6. The van der Waals surface area contributed by atoms with Crippen molar-refractivity contribution in [2.24, 2.45) is 5.92 Å². The van der Waals surface area contributed by atoms with Crippen LogP contribution in [0.1, 0.15) is 54.4 Å². The molecule has 35 heavy (non-hydrogen) atoms. The van der Waals surface area contributed by atoms with Crippen molar-refractivity contribution < 1.29 is 28.7 Å². The van der Waals surface area contributed by atoms with Gasteiger partial charge in [-0.1, -0.05) is 13.8 Å². The lowest BCUT2D eigenvalue weighted by Crippen LogP contribution is -2.60. The smallest absolute Gasteiger partial charge is 0.409 e. The van der Waals surface area contributed by atoms with E-state index in [2.05, 4.69) is 10.6 Å². The molecule has 0 saturated carbocycles. The lowest BCUT2D eigenvalue weighted by atomic mass is 9.84. The second-order valence-electron chi connectivity index (χ2n) is 10.2. The molecule has 1 rings (SSSR count). The second-order valence-corrected chi connectivity index (χ2v) is 10.2. The Hall–Kier alpha value is -2.46. The number of hydrogen-bond acceptors (Lipinski definition) is 8. The number of ketones is 2. The van der Waals surface area contributed by atoms with Crippen LogP contribution in [0, 0.1) is 5.92 Å². The van der Waals surface area contributed by atoms with Gasteiger partial charge in [0.15, 0.2) is 11.6 Å². The first kappa shape index (κ1) is 30.6. The van der Waals surface area contributed by atoms with Gasteiger partial charge in [0.2, 0.25) is 0 Å². The summed E-state index contributed by atoms with van der Waals surface area (Å²) in [6.07, 6.45) is 2.84. The van der Waals surface area contributed by atoms with Crippen molar-refractivity contribution in [1.82, 2.24) is 20.4 Å². The summed E-state index contributed by atoms with van der Waals surface area (Å²) in [4.78, 5) is 54.0. The highest BCUT2D eigenvalue weighted by molar-refractivity contribution is 5.93. The third kappa shape index (κ3) is 9.60. The molecule has 0 fully saturated rings.